The zero-order valence-electron chi connectivity index (χ0n) is 18.3. The molecular formula is C27H21F3N2Pt. The van der Waals surface area contributed by atoms with Gasteiger partial charge in [-0.2, -0.15) is 13.2 Å². The molecule has 6 heteroatoms. The van der Waals surface area contributed by atoms with E-state index in [-0.39, 0.29) is 21.1 Å². The zero-order chi connectivity index (χ0) is 22.9. The molecule has 0 saturated carbocycles. The van der Waals surface area contributed by atoms with E-state index in [2.05, 4.69) is 17.1 Å². The molecule has 0 atom stereocenters. The maximum absolute atomic E-state index is 13.1. The van der Waals surface area contributed by atoms with Crippen molar-refractivity contribution in [2.24, 2.45) is 0 Å². The largest absolute Gasteiger partial charge is 2.00 e. The quantitative estimate of drug-likeness (QED) is 0.227. The second-order valence-corrected chi connectivity index (χ2v) is 8.21. The van der Waals surface area contributed by atoms with Gasteiger partial charge in [-0.3, -0.25) is 0 Å². The van der Waals surface area contributed by atoms with Crippen LogP contribution in [0, 0.1) is 19.1 Å². The minimum atomic E-state index is -4.42. The fourth-order valence-corrected chi connectivity index (χ4v) is 3.52. The maximum atomic E-state index is 13.1. The van der Waals surface area contributed by atoms with E-state index in [0.717, 1.165) is 34.6 Å². The van der Waals surface area contributed by atoms with Gasteiger partial charge in [0.2, 0.25) is 0 Å². The summed E-state index contributed by atoms with van der Waals surface area (Å²) < 4.78 is 39.4. The Hall–Kier alpha value is -2.78. The van der Waals surface area contributed by atoms with Crippen LogP contribution in [0.2, 0.25) is 0 Å². The molecule has 0 radical (unpaired) electrons. The average Bonchev–Trinajstić information content (AvgIpc) is 2.79. The molecule has 2 aromatic carbocycles. The number of hydrogen-bond donors (Lipinski definition) is 0. The van der Waals surface area contributed by atoms with Crippen LogP contribution in [-0.2, 0) is 32.7 Å². The van der Waals surface area contributed by atoms with Gasteiger partial charge in [0.05, 0.1) is 0 Å². The molecule has 0 bridgehead atoms. The smallest absolute Gasteiger partial charge is 0.300 e. The van der Waals surface area contributed by atoms with E-state index >= 15 is 0 Å². The number of pyridine rings is 2. The van der Waals surface area contributed by atoms with Gasteiger partial charge in [-0.1, -0.05) is 31.2 Å². The van der Waals surface area contributed by atoms with Gasteiger partial charge in [-0.05, 0) is 42.9 Å². The second-order valence-electron chi connectivity index (χ2n) is 8.21. The summed E-state index contributed by atoms with van der Waals surface area (Å²) in [5, 5.41) is 0. The van der Waals surface area contributed by atoms with Crippen LogP contribution in [0.1, 0.15) is 36.4 Å². The van der Waals surface area contributed by atoms with Gasteiger partial charge in [0, 0.05) is 16.8 Å². The number of nitrogens with zero attached hydrogens (tertiary/aromatic N) is 2. The monoisotopic (exact) mass is 625 g/mol. The Labute approximate surface area is 206 Å². The SMILES string of the molecule is Cc1cc[c-]c(-c2cccc(C(C)(C)c3cccc(-c4[c-]ccc(C(F)(F)F)c4)n3)n2)c1.[Pt+2]. The molecule has 4 rings (SSSR count). The van der Waals surface area contributed by atoms with Crippen molar-refractivity contribution in [3.63, 3.8) is 0 Å². The van der Waals surface area contributed by atoms with E-state index in [1.54, 1.807) is 12.1 Å². The Morgan fingerprint density at radius 1 is 0.727 bits per heavy atom. The molecule has 33 heavy (non-hydrogen) atoms. The first-order valence-corrected chi connectivity index (χ1v) is 10.2. The summed E-state index contributed by atoms with van der Waals surface area (Å²) in [5.74, 6) is 0. The Balaban J connectivity index is 0.00000306. The van der Waals surface area contributed by atoms with Gasteiger partial charge >= 0.3 is 27.2 Å². The Bertz CT molecular complexity index is 1270. The molecule has 0 aliphatic rings. The minimum Gasteiger partial charge on any atom is -0.300 e. The Morgan fingerprint density at radius 2 is 1.24 bits per heavy atom. The van der Waals surface area contributed by atoms with Crippen LogP contribution in [0.15, 0.2) is 72.8 Å². The molecule has 0 aliphatic heterocycles. The molecule has 2 nitrogen and oxygen atoms in total. The van der Waals surface area contributed by atoms with E-state index < -0.39 is 17.2 Å². The summed E-state index contributed by atoms with van der Waals surface area (Å²) in [6.07, 6.45) is -4.42. The van der Waals surface area contributed by atoms with Crippen LogP contribution in [0.3, 0.4) is 0 Å². The fourth-order valence-electron chi connectivity index (χ4n) is 3.52. The van der Waals surface area contributed by atoms with Crippen molar-refractivity contribution < 1.29 is 34.2 Å². The fraction of sp³-hybridized carbons (Fsp3) is 0.185. The van der Waals surface area contributed by atoms with Gasteiger partial charge in [-0.15, -0.1) is 65.2 Å². The Kier molecular flexibility index (Phi) is 7.23. The van der Waals surface area contributed by atoms with Crippen molar-refractivity contribution in [2.45, 2.75) is 32.4 Å². The van der Waals surface area contributed by atoms with Crippen LogP contribution in [0.4, 0.5) is 13.2 Å². The molecule has 0 N–H and O–H groups in total. The van der Waals surface area contributed by atoms with Crippen molar-refractivity contribution >= 4 is 0 Å². The first-order chi connectivity index (χ1) is 15.1. The van der Waals surface area contributed by atoms with E-state index in [9.17, 15) is 13.2 Å². The van der Waals surface area contributed by atoms with Crippen LogP contribution in [0.25, 0.3) is 22.5 Å². The molecule has 0 unspecified atom stereocenters. The summed E-state index contributed by atoms with van der Waals surface area (Å²) in [6.45, 7) is 6.02. The number of aromatic nitrogens is 2. The van der Waals surface area contributed by atoms with Gasteiger partial charge in [-0.25, -0.2) is 0 Å². The van der Waals surface area contributed by atoms with Crippen LogP contribution in [-0.4, -0.2) is 9.97 Å². The molecule has 2 aromatic heterocycles. The Morgan fingerprint density at radius 3 is 1.76 bits per heavy atom. The predicted molar refractivity (Wildman–Crippen MR) is 119 cm³/mol. The van der Waals surface area contributed by atoms with Crippen LogP contribution in [0.5, 0.6) is 0 Å². The number of halogens is 3. The molecule has 170 valence electrons. The van der Waals surface area contributed by atoms with Crippen LogP contribution < -0.4 is 0 Å². The number of hydrogen-bond acceptors (Lipinski definition) is 2. The first kappa shape index (κ1) is 24.9. The van der Waals surface area contributed by atoms with E-state index in [4.69, 9.17) is 4.98 Å². The zero-order valence-corrected chi connectivity index (χ0v) is 20.5. The summed E-state index contributed by atoms with van der Waals surface area (Å²) in [5.41, 5.74) is 3.79. The van der Waals surface area contributed by atoms with Gasteiger partial charge in [0.15, 0.2) is 0 Å². The van der Waals surface area contributed by atoms with Crippen molar-refractivity contribution in [1.82, 2.24) is 9.97 Å². The molecule has 4 aromatic rings. The number of aryl methyl sites for hydroxylation is 1. The molecular weight excluding hydrogens is 604 g/mol. The molecule has 0 fully saturated rings. The predicted octanol–water partition coefficient (Wildman–Crippen LogP) is 7.06. The van der Waals surface area contributed by atoms with Crippen molar-refractivity contribution in [3.05, 3.63) is 107 Å². The minimum absolute atomic E-state index is 0. The van der Waals surface area contributed by atoms with Crippen molar-refractivity contribution in [2.75, 3.05) is 0 Å². The molecule has 0 amide bonds. The first-order valence-electron chi connectivity index (χ1n) is 10.2. The summed E-state index contributed by atoms with van der Waals surface area (Å²) in [7, 11) is 0. The summed E-state index contributed by atoms with van der Waals surface area (Å²) >= 11 is 0. The molecule has 0 aliphatic carbocycles. The molecule has 2 heterocycles. The van der Waals surface area contributed by atoms with E-state index in [1.807, 2.05) is 63.2 Å². The average molecular weight is 626 g/mol. The normalized spacial score (nSPS) is 11.7. The number of benzene rings is 2. The van der Waals surface area contributed by atoms with Gasteiger partial charge in [0.1, 0.15) is 0 Å². The third kappa shape index (κ3) is 5.42. The molecule has 0 spiro atoms. The van der Waals surface area contributed by atoms with Crippen molar-refractivity contribution in [1.29, 1.82) is 0 Å². The maximum Gasteiger partial charge on any atom is 2.00 e. The third-order valence-electron chi connectivity index (χ3n) is 5.42. The summed E-state index contributed by atoms with van der Waals surface area (Å²) in [4.78, 5) is 9.54. The van der Waals surface area contributed by atoms with E-state index in [0.29, 0.717) is 17.0 Å². The topological polar surface area (TPSA) is 25.8 Å². The standard InChI is InChI=1S/C27H21F3N2.Pt/c1-18-8-4-9-19(16-18)22-12-6-14-24(31-22)26(2,3)25-15-7-13-23(32-25)20-10-5-11-21(17-20)27(28,29)30;/h4-8,11-17H,1-3H3;/q-2;+2. The van der Waals surface area contributed by atoms with Gasteiger partial charge < -0.3 is 9.97 Å². The number of rotatable bonds is 4. The summed E-state index contributed by atoms with van der Waals surface area (Å²) in [6, 6.07) is 26.5. The van der Waals surface area contributed by atoms with E-state index in [1.165, 1.54) is 6.07 Å². The van der Waals surface area contributed by atoms with Crippen molar-refractivity contribution in [3.8, 4) is 22.5 Å². The molecule has 0 saturated heterocycles. The third-order valence-corrected chi connectivity index (χ3v) is 5.42. The van der Waals surface area contributed by atoms with Crippen LogP contribution >= 0.6 is 0 Å². The second kappa shape index (κ2) is 9.60. The van der Waals surface area contributed by atoms with Gasteiger partial charge in [0.25, 0.3) is 0 Å². The number of alkyl halides is 3.